The van der Waals surface area contributed by atoms with Crippen LogP contribution in [0.3, 0.4) is 0 Å². The predicted octanol–water partition coefficient (Wildman–Crippen LogP) is 3.24. The average molecular weight is 344 g/mol. The molecule has 102 valence electrons. The van der Waals surface area contributed by atoms with Gasteiger partial charge in [0.25, 0.3) is 0 Å². The summed E-state index contributed by atoms with van der Waals surface area (Å²) in [6, 6.07) is 6.11. The quantitative estimate of drug-likeness (QED) is 0.927. The van der Waals surface area contributed by atoms with Crippen molar-refractivity contribution in [3.05, 3.63) is 44.6 Å². The highest BCUT2D eigenvalue weighted by Gasteiger charge is 2.21. The molecular weight excluding hydrogens is 328 g/mol. The molecule has 0 radical (unpaired) electrons. The molecule has 1 aromatic carbocycles. The molecule has 0 spiro atoms. The van der Waals surface area contributed by atoms with Gasteiger partial charge in [-0.2, -0.15) is 0 Å². The zero-order valence-corrected chi connectivity index (χ0v) is 13.5. The van der Waals surface area contributed by atoms with E-state index < -0.39 is 0 Å². The van der Waals surface area contributed by atoms with Crippen molar-refractivity contribution in [2.45, 2.75) is 19.9 Å². The van der Waals surface area contributed by atoms with Crippen LogP contribution in [0.15, 0.2) is 22.8 Å². The molecule has 0 amide bonds. The van der Waals surface area contributed by atoms with E-state index in [0.29, 0.717) is 0 Å². The number of nitrogens with zero attached hydrogens (tertiary/aromatic N) is 3. The summed E-state index contributed by atoms with van der Waals surface area (Å²) in [4.78, 5) is 0. The summed E-state index contributed by atoms with van der Waals surface area (Å²) < 4.78 is 2.52. The van der Waals surface area contributed by atoms with Crippen LogP contribution >= 0.6 is 27.5 Å². The van der Waals surface area contributed by atoms with Gasteiger partial charge in [0.05, 0.1) is 11.7 Å². The van der Waals surface area contributed by atoms with Crippen molar-refractivity contribution in [2.75, 3.05) is 6.54 Å². The van der Waals surface area contributed by atoms with Crippen molar-refractivity contribution >= 4 is 27.5 Å². The van der Waals surface area contributed by atoms with Crippen LogP contribution in [0.1, 0.15) is 29.8 Å². The van der Waals surface area contributed by atoms with Gasteiger partial charge in [0.2, 0.25) is 0 Å². The summed E-state index contributed by atoms with van der Waals surface area (Å²) in [6.07, 6.45) is 0. The fourth-order valence-corrected chi connectivity index (χ4v) is 2.76. The third kappa shape index (κ3) is 2.99. The molecule has 0 fully saturated rings. The van der Waals surface area contributed by atoms with Gasteiger partial charge < -0.3 is 5.32 Å². The van der Waals surface area contributed by atoms with Crippen LogP contribution in [0.4, 0.5) is 0 Å². The molecule has 1 heterocycles. The highest BCUT2D eigenvalue weighted by Crippen LogP contribution is 2.29. The van der Waals surface area contributed by atoms with Crippen molar-refractivity contribution in [1.29, 1.82) is 0 Å². The topological polar surface area (TPSA) is 42.7 Å². The summed E-state index contributed by atoms with van der Waals surface area (Å²) in [7, 11) is 1.88. The first kappa shape index (κ1) is 14.5. The van der Waals surface area contributed by atoms with Crippen molar-refractivity contribution in [2.24, 2.45) is 7.05 Å². The molecule has 2 rings (SSSR count). The molecule has 2 aromatic rings. The Bertz CT molecular complexity index is 563. The first-order chi connectivity index (χ1) is 9.04. The normalized spacial score (nSPS) is 12.7. The van der Waals surface area contributed by atoms with E-state index in [9.17, 15) is 0 Å². The lowest BCUT2D eigenvalue weighted by Crippen LogP contribution is -2.24. The van der Waals surface area contributed by atoms with Crippen LogP contribution in [0.5, 0.6) is 0 Å². The second-order valence-electron chi connectivity index (χ2n) is 4.39. The third-order valence-corrected chi connectivity index (χ3v) is 4.01. The molecule has 1 aromatic heterocycles. The van der Waals surface area contributed by atoms with Gasteiger partial charge in [0.15, 0.2) is 4.60 Å². The number of hydrogen-bond acceptors (Lipinski definition) is 3. The number of rotatable bonds is 4. The number of halogens is 2. The average Bonchev–Trinajstić information content (AvgIpc) is 2.70. The monoisotopic (exact) mass is 342 g/mol. The van der Waals surface area contributed by atoms with E-state index in [1.807, 2.05) is 26.1 Å². The van der Waals surface area contributed by atoms with Gasteiger partial charge >= 0.3 is 0 Å². The van der Waals surface area contributed by atoms with Gasteiger partial charge in [-0.25, -0.2) is 4.68 Å². The number of benzene rings is 1. The molecule has 0 aliphatic heterocycles. The second kappa shape index (κ2) is 6.03. The Morgan fingerprint density at radius 1 is 1.47 bits per heavy atom. The fraction of sp³-hybridized carbons (Fsp3) is 0.385. The van der Waals surface area contributed by atoms with Crippen molar-refractivity contribution in [3.63, 3.8) is 0 Å². The molecule has 19 heavy (non-hydrogen) atoms. The number of aryl methyl sites for hydroxylation is 2. The van der Waals surface area contributed by atoms with E-state index in [1.165, 1.54) is 0 Å². The minimum Gasteiger partial charge on any atom is -0.305 e. The van der Waals surface area contributed by atoms with E-state index in [4.69, 9.17) is 11.6 Å². The van der Waals surface area contributed by atoms with E-state index >= 15 is 0 Å². The molecule has 1 atom stereocenters. The van der Waals surface area contributed by atoms with Gasteiger partial charge in [0, 0.05) is 12.1 Å². The van der Waals surface area contributed by atoms with Gasteiger partial charge in [-0.05, 0) is 46.6 Å². The summed E-state index contributed by atoms with van der Waals surface area (Å²) in [5.74, 6) is 0. The van der Waals surface area contributed by atoms with E-state index in [2.05, 4.69) is 44.5 Å². The lowest BCUT2D eigenvalue weighted by Gasteiger charge is -2.19. The highest BCUT2D eigenvalue weighted by molar-refractivity contribution is 9.10. The lowest BCUT2D eigenvalue weighted by atomic mass is 10.0. The molecule has 0 aliphatic carbocycles. The van der Waals surface area contributed by atoms with Crippen LogP contribution < -0.4 is 5.32 Å². The van der Waals surface area contributed by atoms with E-state index in [1.54, 1.807) is 4.68 Å². The Balaban J connectivity index is 2.48. The third-order valence-electron chi connectivity index (χ3n) is 3.04. The minimum atomic E-state index is 0.0116. The smallest absolute Gasteiger partial charge is 0.153 e. The van der Waals surface area contributed by atoms with Gasteiger partial charge in [0.1, 0.15) is 0 Å². The van der Waals surface area contributed by atoms with Crippen molar-refractivity contribution in [1.82, 2.24) is 20.3 Å². The van der Waals surface area contributed by atoms with Crippen LogP contribution in [-0.2, 0) is 7.05 Å². The Labute approximate surface area is 126 Å². The molecular formula is C13H16BrClN4. The van der Waals surface area contributed by atoms with Crippen LogP contribution in [0.25, 0.3) is 0 Å². The molecule has 0 aliphatic rings. The van der Waals surface area contributed by atoms with Crippen molar-refractivity contribution in [3.8, 4) is 0 Å². The zero-order valence-electron chi connectivity index (χ0n) is 11.1. The Kier molecular flexibility index (Phi) is 4.60. The Morgan fingerprint density at radius 2 is 2.21 bits per heavy atom. The Morgan fingerprint density at radius 3 is 2.74 bits per heavy atom. The van der Waals surface area contributed by atoms with Crippen LogP contribution in [0, 0.1) is 6.92 Å². The maximum Gasteiger partial charge on any atom is 0.153 e. The SMILES string of the molecule is CCNC(c1ccc(C)c(Cl)c1)c1c(Br)nnn1C. The van der Waals surface area contributed by atoms with E-state index in [0.717, 1.165) is 33.0 Å². The first-order valence-electron chi connectivity index (χ1n) is 6.09. The standard InChI is InChI=1S/C13H16BrClN4/c1-4-16-11(12-13(14)17-18-19(12)3)9-6-5-8(2)10(15)7-9/h5-7,11,16H,4H2,1-3H3. The zero-order chi connectivity index (χ0) is 14.0. The van der Waals surface area contributed by atoms with Gasteiger partial charge in [-0.15, -0.1) is 5.10 Å². The predicted molar refractivity (Wildman–Crippen MR) is 80.4 cm³/mol. The summed E-state index contributed by atoms with van der Waals surface area (Å²) in [5.41, 5.74) is 3.16. The minimum absolute atomic E-state index is 0.0116. The molecule has 0 saturated carbocycles. The molecule has 0 bridgehead atoms. The summed E-state index contributed by atoms with van der Waals surface area (Å²) in [6.45, 7) is 4.91. The summed E-state index contributed by atoms with van der Waals surface area (Å²) in [5, 5.41) is 12.3. The fourth-order valence-electron chi connectivity index (χ4n) is 2.01. The summed E-state index contributed by atoms with van der Waals surface area (Å²) >= 11 is 9.67. The van der Waals surface area contributed by atoms with Gasteiger partial charge in [-0.3, -0.25) is 0 Å². The molecule has 4 nitrogen and oxygen atoms in total. The molecule has 0 saturated heterocycles. The van der Waals surface area contributed by atoms with Crippen molar-refractivity contribution < 1.29 is 0 Å². The van der Waals surface area contributed by atoms with Crippen LogP contribution in [-0.4, -0.2) is 21.5 Å². The molecule has 1 N–H and O–H groups in total. The number of nitrogens with one attached hydrogen (secondary N) is 1. The highest BCUT2D eigenvalue weighted by atomic mass is 79.9. The van der Waals surface area contributed by atoms with E-state index in [-0.39, 0.29) is 6.04 Å². The molecule has 6 heteroatoms. The molecule has 1 unspecified atom stereocenters. The Hall–Kier alpha value is -0.910. The number of hydrogen-bond donors (Lipinski definition) is 1. The number of aromatic nitrogens is 3. The largest absolute Gasteiger partial charge is 0.305 e. The maximum atomic E-state index is 6.22. The maximum absolute atomic E-state index is 6.22. The first-order valence-corrected chi connectivity index (χ1v) is 7.26. The lowest BCUT2D eigenvalue weighted by molar-refractivity contribution is 0.567. The van der Waals surface area contributed by atoms with Gasteiger partial charge in [-0.1, -0.05) is 35.9 Å². The second-order valence-corrected chi connectivity index (χ2v) is 5.55. The van der Waals surface area contributed by atoms with Crippen LogP contribution in [0.2, 0.25) is 5.02 Å².